The molecule has 0 aliphatic heterocycles. The summed E-state index contributed by atoms with van der Waals surface area (Å²) >= 11 is 0. The molecule has 0 saturated heterocycles. The second-order valence-corrected chi connectivity index (χ2v) is 4.82. The van der Waals surface area contributed by atoms with Crippen LogP contribution in [0.5, 0.6) is 0 Å². The second-order valence-electron chi connectivity index (χ2n) is 4.82. The minimum absolute atomic E-state index is 0.248. The van der Waals surface area contributed by atoms with Crippen LogP contribution in [0.1, 0.15) is 13.3 Å². The van der Waals surface area contributed by atoms with E-state index < -0.39 is 0 Å². The molecule has 7 heteroatoms. The van der Waals surface area contributed by atoms with Crippen LogP contribution in [-0.2, 0) is 0 Å². The van der Waals surface area contributed by atoms with E-state index in [1.165, 1.54) is 6.33 Å². The van der Waals surface area contributed by atoms with Crippen LogP contribution in [0.3, 0.4) is 0 Å². The Morgan fingerprint density at radius 2 is 2.09 bits per heavy atom. The van der Waals surface area contributed by atoms with E-state index in [1.54, 1.807) is 18.6 Å². The van der Waals surface area contributed by atoms with Gasteiger partial charge in [-0.1, -0.05) is 6.92 Å². The fourth-order valence-electron chi connectivity index (χ4n) is 2.07. The molecular formula is C15H16N6O. The average molecular weight is 296 g/mol. The lowest BCUT2D eigenvalue weighted by atomic mass is 10.1. The molecule has 2 N–H and O–H groups in total. The molecule has 0 aromatic carbocycles. The molecule has 22 heavy (non-hydrogen) atoms. The second kappa shape index (κ2) is 6.21. The Kier molecular flexibility index (Phi) is 3.95. The van der Waals surface area contributed by atoms with Gasteiger partial charge in [0.1, 0.15) is 12.0 Å². The lowest BCUT2D eigenvalue weighted by Crippen LogP contribution is -2.29. The van der Waals surface area contributed by atoms with Crippen LogP contribution in [-0.4, -0.2) is 31.9 Å². The van der Waals surface area contributed by atoms with E-state index in [0.29, 0.717) is 12.4 Å². The van der Waals surface area contributed by atoms with Gasteiger partial charge in [-0.15, -0.1) is 0 Å². The summed E-state index contributed by atoms with van der Waals surface area (Å²) in [5, 5.41) is 5.47. The fourth-order valence-corrected chi connectivity index (χ4v) is 2.07. The van der Waals surface area contributed by atoms with E-state index in [1.807, 2.05) is 29.7 Å². The van der Waals surface area contributed by atoms with Gasteiger partial charge < -0.3 is 9.72 Å². The van der Waals surface area contributed by atoms with Crippen molar-refractivity contribution in [2.75, 3.05) is 11.9 Å². The summed E-state index contributed by atoms with van der Waals surface area (Å²) < 4.78 is 1.85. The molecule has 0 bridgehead atoms. The van der Waals surface area contributed by atoms with Crippen LogP contribution in [0.15, 0.2) is 43.2 Å². The molecule has 3 aromatic heterocycles. The summed E-state index contributed by atoms with van der Waals surface area (Å²) in [6, 6.07) is 3.63. The highest BCUT2D eigenvalue weighted by atomic mass is 16.2. The molecule has 2 amide bonds. The highest BCUT2D eigenvalue weighted by molar-refractivity contribution is 5.88. The van der Waals surface area contributed by atoms with E-state index in [4.69, 9.17) is 0 Å². The number of amides is 2. The van der Waals surface area contributed by atoms with Gasteiger partial charge in [0.2, 0.25) is 0 Å². The molecular weight excluding hydrogens is 280 g/mol. The third kappa shape index (κ3) is 3.03. The zero-order valence-electron chi connectivity index (χ0n) is 12.2. The first-order chi connectivity index (χ1) is 10.8. The number of anilines is 1. The Bertz CT molecular complexity index is 783. The molecule has 0 unspecified atom stereocenters. The van der Waals surface area contributed by atoms with Gasteiger partial charge in [-0.25, -0.2) is 19.7 Å². The van der Waals surface area contributed by atoms with Crippen molar-refractivity contribution in [2.24, 2.45) is 0 Å². The topological polar surface area (TPSA) is 84.2 Å². The number of urea groups is 1. The molecule has 3 rings (SSSR count). The van der Waals surface area contributed by atoms with Crippen molar-refractivity contribution < 1.29 is 4.79 Å². The maximum absolute atomic E-state index is 11.6. The maximum Gasteiger partial charge on any atom is 0.320 e. The number of imidazole rings is 1. The predicted molar refractivity (Wildman–Crippen MR) is 83.5 cm³/mol. The van der Waals surface area contributed by atoms with Crippen LogP contribution in [0.2, 0.25) is 0 Å². The van der Waals surface area contributed by atoms with E-state index >= 15 is 0 Å². The first kappa shape index (κ1) is 14.0. The Hall–Kier alpha value is -2.96. The molecule has 3 heterocycles. The lowest BCUT2D eigenvalue weighted by molar-refractivity contribution is 0.252. The SMILES string of the molecule is CCCNC(=O)Nc1cn2ccc(-c3cncnc3)cc2n1. The Morgan fingerprint density at radius 1 is 1.27 bits per heavy atom. The van der Waals surface area contributed by atoms with Crippen molar-refractivity contribution in [3.05, 3.63) is 43.2 Å². The van der Waals surface area contributed by atoms with Crippen molar-refractivity contribution in [1.82, 2.24) is 24.7 Å². The average Bonchev–Trinajstić information content (AvgIpc) is 2.95. The molecule has 0 radical (unpaired) electrons. The largest absolute Gasteiger partial charge is 0.338 e. The first-order valence-electron chi connectivity index (χ1n) is 7.05. The van der Waals surface area contributed by atoms with Gasteiger partial charge in [0.05, 0.1) is 6.20 Å². The third-order valence-electron chi connectivity index (χ3n) is 3.13. The Labute approximate surface area is 127 Å². The number of rotatable bonds is 4. The highest BCUT2D eigenvalue weighted by Gasteiger charge is 2.07. The molecule has 0 aliphatic carbocycles. The molecule has 112 valence electrons. The monoisotopic (exact) mass is 296 g/mol. The Balaban J connectivity index is 1.83. The molecule has 0 saturated carbocycles. The number of fused-ring (bicyclic) bond motifs is 1. The van der Waals surface area contributed by atoms with Gasteiger partial charge in [0, 0.05) is 30.7 Å². The number of carbonyl (C=O) groups excluding carboxylic acids is 1. The summed E-state index contributed by atoms with van der Waals surface area (Å²) in [7, 11) is 0. The van der Waals surface area contributed by atoms with Crippen LogP contribution in [0, 0.1) is 0 Å². The number of aromatic nitrogens is 4. The van der Waals surface area contributed by atoms with Crippen molar-refractivity contribution in [3.8, 4) is 11.1 Å². The molecule has 0 spiro atoms. The van der Waals surface area contributed by atoms with Gasteiger partial charge in [-0.05, 0) is 24.1 Å². The van der Waals surface area contributed by atoms with Crippen molar-refractivity contribution in [2.45, 2.75) is 13.3 Å². The maximum atomic E-state index is 11.6. The number of hydrogen-bond acceptors (Lipinski definition) is 4. The van der Waals surface area contributed by atoms with E-state index in [0.717, 1.165) is 23.2 Å². The van der Waals surface area contributed by atoms with Gasteiger partial charge >= 0.3 is 6.03 Å². The van der Waals surface area contributed by atoms with Crippen LogP contribution in [0.4, 0.5) is 10.6 Å². The molecule has 0 atom stereocenters. The summed E-state index contributed by atoms with van der Waals surface area (Å²) in [6.45, 7) is 2.64. The lowest BCUT2D eigenvalue weighted by Gasteiger charge is -2.02. The summed E-state index contributed by atoms with van der Waals surface area (Å²) in [4.78, 5) is 24.1. The van der Waals surface area contributed by atoms with Crippen LogP contribution >= 0.6 is 0 Å². The minimum atomic E-state index is -0.248. The number of hydrogen-bond donors (Lipinski definition) is 2. The van der Waals surface area contributed by atoms with E-state index in [-0.39, 0.29) is 6.03 Å². The quantitative estimate of drug-likeness (QED) is 0.774. The number of nitrogens with zero attached hydrogens (tertiary/aromatic N) is 4. The third-order valence-corrected chi connectivity index (χ3v) is 3.13. The molecule has 0 fully saturated rings. The fraction of sp³-hybridized carbons (Fsp3) is 0.200. The van der Waals surface area contributed by atoms with E-state index in [9.17, 15) is 4.79 Å². The summed E-state index contributed by atoms with van der Waals surface area (Å²) in [5.41, 5.74) is 2.64. The predicted octanol–water partition coefficient (Wildman–Crippen LogP) is 2.32. The highest BCUT2D eigenvalue weighted by Crippen LogP contribution is 2.20. The summed E-state index contributed by atoms with van der Waals surface area (Å²) in [6.07, 6.45) is 9.54. The normalized spacial score (nSPS) is 10.6. The number of carbonyl (C=O) groups is 1. The van der Waals surface area contributed by atoms with Gasteiger partial charge in [0.15, 0.2) is 5.82 Å². The molecule has 0 aliphatic rings. The summed E-state index contributed by atoms with van der Waals surface area (Å²) in [5.74, 6) is 0.509. The molecule has 7 nitrogen and oxygen atoms in total. The van der Waals surface area contributed by atoms with Crippen molar-refractivity contribution in [3.63, 3.8) is 0 Å². The van der Waals surface area contributed by atoms with Crippen molar-refractivity contribution in [1.29, 1.82) is 0 Å². The van der Waals surface area contributed by atoms with Crippen molar-refractivity contribution >= 4 is 17.5 Å². The number of nitrogens with one attached hydrogen (secondary N) is 2. The van der Waals surface area contributed by atoms with Crippen LogP contribution in [0.25, 0.3) is 16.8 Å². The van der Waals surface area contributed by atoms with Gasteiger partial charge in [-0.2, -0.15) is 0 Å². The van der Waals surface area contributed by atoms with Crippen LogP contribution < -0.4 is 10.6 Å². The van der Waals surface area contributed by atoms with Gasteiger partial charge in [-0.3, -0.25) is 5.32 Å². The zero-order chi connectivity index (χ0) is 15.4. The van der Waals surface area contributed by atoms with Gasteiger partial charge in [0.25, 0.3) is 0 Å². The number of pyridine rings is 1. The first-order valence-corrected chi connectivity index (χ1v) is 7.05. The Morgan fingerprint density at radius 3 is 2.86 bits per heavy atom. The zero-order valence-corrected chi connectivity index (χ0v) is 12.2. The van der Waals surface area contributed by atoms with E-state index in [2.05, 4.69) is 25.6 Å². The standard InChI is InChI=1S/C15H16N6O/c1-2-4-18-15(22)20-13-9-21-5-3-11(6-14(21)19-13)12-7-16-10-17-8-12/h3,5-10H,2,4H2,1H3,(H2,18,20,22). The smallest absolute Gasteiger partial charge is 0.320 e. The molecule has 3 aromatic rings. The minimum Gasteiger partial charge on any atom is -0.338 e.